The highest BCUT2D eigenvalue weighted by molar-refractivity contribution is 5.96. The molecular formula is C18H21N5O3. The van der Waals surface area contributed by atoms with Gasteiger partial charge >= 0.3 is 6.03 Å². The summed E-state index contributed by atoms with van der Waals surface area (Å²) in [5, 5.41) is 10.2. The second-order valence-electron chi connectivity index (χ2n) is 6.74. The van der Waals surface area contributed by atoms with E-state index < -0.39 is 0 Å². The average Bonchev–Trinajstić information content (AvgIpc) is 3.21. The van der Waals surface area contributed by atoms with Crippen molar-refractivity contribution >= 4 is 23.3 Å². The number of fused-ring (bicyclic) bond motifs is 1. The predicted octanol–water partition coefficient (Wildman–Crippen LogP) is 2.31. The number of hydrogen-bond acceptors (Lipinski definition) is 4. The zero-order valence-corrected chi connectivity index (χ0v) is 14.8. The first-order chi connectivity index (χ1) is 12.5. The molecule has 8 heteroatoms. The van der Waals surface area contributed by atoms with E-state index in [2.05, 4.69) is 21.8 Å². The van der Waals surface area contributed by atoms with Gasteiger partial charge < -0.3 is 20.3 Å². The van der Waals surface area contributed by atoms with Crippen LogP contribution >= 0.6 is 0 Å². The highest BCUT2D eigenvalue weighted by Crippen LogP contribution is 2.31. The summed E-state index contributed by atoms with van der Waals surface area (Å²) in [5.74, 6) is 0.380. The zero-order valence-electron chi connectivity index (χ0n) is 14.8. The molecule has 1 aromatic heterocycles. The molecule has 0 bridgehead atoms. The molecule has 3 amide bonds. The topological polar surface area (TPSA) is 88.5 Å². The lowest BCUT2D eigenvalue weighted by Crippen LogP contribution is -2.33. The SMILES string of the molecule is Cc1cc(C)n([C@H]2CCN(C(=O)Nc3ccc4c(c3)OCC(=O)N4)C2)n1. The van der Waals surface area contributed by atoms with Crippen molar-refractivity contribution in [2.24, 2.45) is 0 Å². The summed E-state index contributed by atoms with van der Waals surface area (Å²) in [6, 6.07) is 7.31. The van der Waals surface area contributed by atoms with Crippen molar-refractivity contribution in [1.29, 1.82) is 0 Å². The summed E-state index contributed by atoms with van der Waals surface area (Å²) in [6.07, 6.45) is 0.884. The number of rotatable bonds is 2. The summed E-state index contributed by atoms with van der Waals surface area (Å²) < 4.78 is 7.40. The number of urea groups is 1. The molecule has 1 aromatic carbocycles. The first kappa shape index (κ1) is 16.4. The Bertz CT molecular complexity index is 876. The fourth-order valence-corrected chi connectivity index (χ4v) is 3.50. The summed E-state index contributed by atoms with van der Waals surface area (Å²) in [5.41, 5.74) is 3.36. The van der Waals surface area contributed by atoms with Gasteiger partial charge in [0.1, 0.15) is 5.75 Å². The van der Waals surface area contributed by atoms with Crippen LogP contribution in [-0.4, -0.2) is 46.3 Å². The van der Waals surface area contributed by atoms with E-state index in [1.165, 1.54) is 0 Å². The van der Waals surface area contributed by atoms with Crippen LogP contribution in [0.25, 0.3) is 0 Å². The van der Waals surface area contributed by atoms with Crippen molar-refractivity contribution in [3.8, 4) is 5.75 Å². The van der Waals surface area contributed by atoms with Crippen LogP contribution in [0.1, 0.15) is 23.9 Å². The number of nitrogens with zero attached hydrogens (tertiary/aromatic N) is 3. The van der Waals surface area contributed by atoms with Crippen LogP contribution in [0, 0.1) is 13.8 Å². The lowest BCUT2D eigenvalue weighted by molar-refractivity contribution is -0.118. The van der Waals surface area contributed by atoms with Crippen LogP contribution < -0.4 is 15.4 Å². The van der Waals surface area contributed by atoms with Gasteiger partial charge in [0.05, 0.1) is 17.4 Å². The zero-order chi connectivity index (χ0) is 18.3. The van der Waals surface area contributed by atoms with Gasteiger partial charge in [-0.2, -0.15) is 5.10 Å². The molecule has 1 atom stereocenters. The Hall–Kier alpha value is -3.03. The Morgan fingerprint density at radius 1 is 1.35 bits per heavy atom. The predicted molar refractivity (Wildman–Crippen MR) is 96.5 cm³/mol. The van der Waals surface area contributed by atoms with E-state index in [1.807, 2.05) is 18.5 Å². The molecule has 2 aromatic rings. The molecule has 26 heavy (non-hydrogen) atoms. The van der Waals surface area contributed by atoms with Crippen molar-refractivity contribution < 1.29 is 14.3 Å². The van der Waals surface area contributed by atoms with Crippen LogP contribution in [0.5, 0.6) is 5.75 Å². The van der Waals surface area contributed by atoms with E-state index >= 15 is 0 Å². The Kier molecular flexibility index (Phi) is 4.02. The molecule has 2 aliphatic heterocycles. The smallest absolute Gasteiger partial charge is 0.321 e. The van der Waals surface area contributed by atoms with Gasteiger partial charge in [0.2, 0.25) is 0 Å². The van der Waals surface area contributed by atoms with Crippen molar-refractivity contribution in [2.45, 2.75) is 26.3 Å². The number of aromatic nitrogens is 2. The second-order valence-corrected chi connectivity index (χ2v) is 6.74. The number of aryl methyl sites for hydroxylation is 2. The van der Waals surface area contributed by atoms with E-state index in [-0.39, 0.29) is 24.6 Å². The lowest BCUT2D eigenvalue weighted by atomic mass is 10.2. The molecule has 3 heterocycles. The van der Waals surface area contributed by atoms with Gasteiger partial charge in [-0.15, -0.1) is 0 Å². The minimum absolute atomic E-state index is 0.0131. The van der Waals surface area contributed by atoms with E-state index in [0.29, 0.717) is 30.2 Å². The van der Waals surface area contributed by atoms with Crippen molar-refractivity contribution in [3.05, 3.63) is 35.7 Å². The molecule has 2 N–H and O–H groups in total. The lowest BCUT2D eigenvalue weighted by Gasteiger charge is -2.20. The highest BCUT2D eigenvalue weighted by Gasteiger charge is 2.29. The Balaban J connectivity index is 1.41. The number of carbonyl (C=O) groups excluding carboxylic acids is 2. The van der Waals surface area contributed by atoms with E-state index in [9.17, 15) is 9.59 Å². The summed E-state index contributed by atoms with van der Waals surface area (Å²) in [4.78, 5) is 25.7. The van der Waals surface area contributed by atoms with E-state index in [1.54, 1.807) is 23.1 Å². The maximum Gasteiger partial charge on any atom is 0.321 e. The van der Waals surface area contributed by atoms with Gasteiger partial charge in [-0.3, -0.25) is 9.48 Å². The standard InChI is InChI=1S/C18H21N5O3/c1-11-7-12(2)23(21-11)14-5-6-22(9-14)18(25)19-13-3-4-15-16(8-13)26-10-17(24)20-15/h3-4,7-8,14H,5-6,9-10H2,1-2H3,(H,19,25)(H,20,24)/t14-/m0/s1. The highest BCUT2D eigenvalue weighted by atomic mass is 16.5. The molecular weight excluding hydrogens is 334 g/mol. The van der Waals surface area contributed by atoms with Crippen LogP contribution in [0.4, 0.5) is 16.2 Å². The van der Waals surface area contributed by atoms with Gasteiger partial charge in [-0.05, 0) is 38.5 Å². The molecule has 0 spiro atoms. The number of hydrogen-bond donors (Lipinski definition) is 2. The number of benzene rings is 1. The maximum atomic E-state index is 12.6. The molecule has 8 nitrogen and oxygen atoms in total. The maximum absolute atomic E-state index is 12.6. The molecule has 0 radical (unpaired) electrons. The number of likely N-dealkylation sites (tertiary alicyclic amines) is 1. The van der Waals surface area contributed by atoms with Gasteiger partial charge in [0, 0.05) is 30.5 Å². The van der Waals surface area contributed by atoms with Gasteiger partial charge in [0.25, 0.3) is 5.91 Å². The van der Waals surface area contributed by atoms with Crippen molar-refractivity contribution in [3.63, 3.8) is 0 Å². The third-order valence-corrected chi connectivity index (χ3v) is 4.71. The molecule has 0 unspecified atom stereocenters. The van der Waals surface area contributed by atoms with Gasteiger partial charge in [0.15, 0.2) is 6.61 Å². The quantitative estimate of drug-likeness (QED) is 0.865. The number of nitrogens with one attached hydrogen (secondary N) is 2. The Morgan fingerprint density at radius 3 is 2.96 bits per heavy atom. The van der Waals surface area contributed by atoms with Crippen LogP contribution in [0.3, 0.4) is 0 Å². The van der Waals surface area contributed by atoms with Crippen molar-refractivity contribution in [1.82, 2.24) is 14.7 Å². The van der Waals surface area contributed by atoms with Gasteiger partial charge in [-0.25, -0.2) is 4.79 Å². The van der Waals surface area contributed by atoms with Gasteiger partial charge in [-0.1, -0.05) is 0 Å². The van der Waals surface area contributed by atoms with E-state index in [0.717, 1.165) is 17.8 Å². The number of amides is 3. The Morgan fingerprint density at radius 2 is 2.19 bits per heavy atom. The largest absolute Gasteiger partial charge is 0.482 e. The van der Waals surface area contributed by atoms with Crippen LogP contribution in [-0.2, 0) is 4.79 Å². The molecule has 2 aliphatic rings. The molecule has 136 valence electrons. The number of ether oxygens (including phenoxy) is 1. The monoisotopic (exact) mass is 355 g/mol. The number of carbonyl (C=O) groups is 2. The average molecular weight is 355 g/mol. The third kappa shape index (κ3) is 3.10. The molecule has 4 rings (SSSR count). The minimum atomic E-state index is -0.179. The van der Waals surface area contributed by atoms with Crippen molar-refractivity contribution in [2.75, 3.05) is 30.3 Å². The molecule has 1 fully saturated rings. The summed E-state index contributed by atoms with van der Waals surface area (Å²) in [6.45, 7) is 5.32. The third-order valence-electron chi connectivity index (χ3n) is 4.71. The first-order valence-corrected chi connectivity index (χ1v) is 8.65. The minimum Gasteiger partial charge on any atom is -0.482 e. The fraction of sp³-hybridized carbons (Fsp3) is 0.389. The Labute approximate surface area is 151 Å². The van der Waals surface area contributed by atoms with Crippen LogP contribution in [0.2, 0.25) is 0 Å². The molecule has 0 aliphatic carbocycles. The summed E-state index contributed by atoms with van der Waals surface area (Å²) in [7, 11) is 0. The van der Waals surface area contributed by atoms with E-state index in [4.69, 9.17) is 4.74 Å². The summed E-state index contributed by atoms with van der Waals surface area (Å²) >= 11 is 0. The second kappa shape index (κ2) is 6.36. The molecule has 0 saturated carbocycles. The molecule has 1 saturated heterocycles. The first-order valence-electron chi connectivity index (χ1n) is 8.65. The normalized spacial score (nSPS) is 18.9. The van der Waals surface area contributed by atoms with Crippen LogP contribution in [0.15, 0.2) is 24.3 Å². The number of anilines is 2. The fourth-order valence-electron chi connectivity index (χ4n) is 3.50.